The molecular weight excluding hydrogens is 258 g/mol. The summed E-state index contributed by atoms with van der Waals surface area (Å²) in [6.45, 7) is 1.58. The first-order valence-electron chi connectivity index (χ1n) is 6.60. The molecule has 0 spiro atoms. The Morgan fingerprint density at radius 1 is 1.30 bits per heavy atom. The van der Waals surface area contributed by atoms with Crippen molar-refractivity contribution in [2.45, 2.75) is 12.8 Å². The maximum Gasteiger partial charge on any atom is 0.272 e. The van der Waals surface area contributed by atoms with Gasteiger partial charge in [0.25, 0.3) is 5.91 Å². The first kappa shape index (κ1) is 12.6. The lowest BCUT2D eigenvalue weighted by molar-refractivity contribution is -0.129. The lowest BCUT2D eigenvalue weighted by atomic mass is 10.4. The van der Waals surface area contributed by atoms with E-state index in [4.69, 9.17) is 0 Å². The Hall–Kier alpha value is -2.44. The smallest absolute Gasteiger partial charge is 0.272 e. The van der Waals surface area contributed by atoms with Gasteiger partial charge in [0, 0.05) is 31.5 Å². The maximum absolute atomic E-state index is 11.9. The van der Waals surface area contributed by atoms with E-state index in [0.717, 1.165) is 25.9 Å². The van der Waals surface area contributed by atoms with Crippen molar-refractivity contribution in [1.82, 2.24) is 24.8 Å². The number of carbonyl (C=O) groups excluding carboxylic acids is 2. The number of likely N-dealkylation sites (tertiary alicyclic amines) is 1. The highest BCUT2D eigenvalue weighted by Crippen LogP contribution is 2.07. The van der Waals surface area contributed by atoms with E-state index in [0.29, 0.717) is 5.65 Å². The van der Waals surface area contributed by atoms with E-state index in [-0.39, 0.29) is 24.1 Å². The van der Waals surface area contributed by atoms with Gasteiger partial charge in [-0.2, -0.15) is 5.10 Å². The van der Waals surface area contributed by atoms with Crippen LogP contribution in [0.15, 0.2) is 24.5 Å². The van der Waals surface area contributed by atoms with Crippen LogP contribution in [0.3, 0.4) is 0 Å². The largest absolute Gasteiger partial charge is 0.342 e. The van der Waals surface area contributed by atoms with E-state index in [9.17, 15) is 9.59 Å². The van der Waals surface area contributed by atoms with Crippen LogP contribution in [0.2, 0.25) is 0 Å². The molecule has 2 amide bonds. The van der Waals surface area contributed by atoms with Crippen molar-refractivity contribution in [3.8, 4) is 0 Å². The van der Waals surface area contributed by atoms with E-state index in [1.54, 1.807) is 29.4 Å². The van der Waals surface area contributed by atoms with Gasteiger partial charge < -0.3 is 10.2 Å². The summed E-state index contributed by atoms with van der Waals surface area (Å²) in [5.74, 6) is -0.402. The molecule has 1 saturated heterocycles. The molecule has 0 unspecified atom stereocenters. The minimum absolute atomic E-state index is 0.0140. The summed E-state index contributed by atoms with van der Waals surface area (Å²) in [6.07, 6.45) is 5.43. The van der Waals surface area contributed by atoms with E-state index >= 15 is 0 Å². The average Bonchev–Trinajstić information content (AvgIpc) is 3.12. The molecule has 7 heteroatoms. The van der Waals surface area contributed by atoms with E-state index < -0.39 is 0 Å². The Balaban J connectivity index is 1.62. The Morgan fingerprint density at radius 2 is 2.10 bits per heavy atom. The molecule has 0 radical (unpaired) electrons. The number of rotatable bonds is 3. The Bertz CT molecular complexity index is 612. The highest BCUT2D eigenvalue weighted by molar-refractivity contribution is 5.95. The molecule has 7 nitrogen and oxygen atoms in total. The maximum atomic E-state index is 11.9. The summed E-state index contributed by atoms with van der Waals surface area (Å²) in [4.78, 5) is 29.6. The van der Waals surface area contributed by atoms with Crippen molar-refractivity contribution in [1.29, 1.82) is 0 Å². The van der Waals surface area contributed by atoms with E-state index in [2.05, 4.69) is 15.4 Å². The molecule has 3 rings (SSSR count). The van der Waals surface area contributed by atoms with Gasteiger partial charge in [0.1, 0.15) is 0 Å². The molecule has 2 aromatic rings. The Kier molecular flexibility index (Phi) is 3.32. The Morgan fingerprint density at radius 3 is 2.85 bits per heavy atom. The minimum atomic E-state index is -0.358. The first-order valence-corrected chi connectivity index (χ1v) is 6.60. The number of carbonyl (C=O) groups is 2. The summed E-state index contributed by atoms with van der Waals surface area (Å²) in [6, 6.07) is 3.33. The zero-order valence-corrected chi connectivity index (χ0v) is 11.0. The van der Waals surface area contributed by atoms with Crippen molar-refractivity contribution in [3.05, 3.63) is 30.2 Å². The summed E-state index contributed by atoms with van der Waals surface area (Å²) < 4.78 is 1.53. The van der Waals surface area contributed by atoms with Crippen molar-refractivity contribution < 1.29 is 9.59 Å². The number of fused-ring (bicyclic) bond motifs is 1. The summed E-state index contributed by atoms with van der Waals surface area (Å²) in [5.41, 5.74) is 0.862. The molecule has 2 aromatic heterocycles. The quantitative estimate of drug-likeness (QED) is 0.859. The number of amides is 2. The van der Waals surface area contributed by atoms with Crippen LogP contribution in [0.5, 0.6) is 0 Å². The van der Waals surface area contributed by atoms with Crippen molar-refractivity contribution in [2.75, 3.05) is 19.6 Å². The number of nitrogens with zero attached hydrogens (tertiary/aromatic N) is 4. The van der Waals surface area contributed by atoms with Gasteiger partial charge in [-0.15, -0.1) is 0 Å². The molecule has 3 heterocycles. The summed E-state index contributed by atoms with van der Waals surface area (Å²) >= 11 is 0. The van der Waals surface area contributed by atoms with E-state index in [1.165, 1.54) is 4.52 Å². The van der Waals surface area contributed by atoms with Gasteiger partial charge in [-0.3, -0.25) is 9.59 Å². The van der Waals surface area contributed by atoms with Crippen LogP contribution in [0, 0.1) is 0 Å². The van der Waals surface area contributed by atoms with Crippen LogP contribution in [0.1, 0.15) is 23.3 Å². The second kappa shape index (κ2) is 5.28. The lowest BCUT2D eigenvalue weighted by Crippen LogP contribution is -2.38. The monoisotopic (exact) mass is 273 g/mol. The molecule has 0 atom stereocenters. The molecule has 1 N–H and O–H groups in total. The van der Waals surface area contributed by atoms with Gasteiger partial charge in [-0.05, 0) is 18.9 Å². The van der Waals surface area contributed by atoms with Crippen LogP contribution >= 0.6 is 0 Å². The summed E-state index contributed by atoms with van der Waals surface area (Å²) in [7, 11) is 0. The number of hydrogen-bond donors (Lipinski definition) is 1. The van der Waals surface area contributed by atoms with Crippen molar-refractivity contribution >= 4 is 17.5 Å². The molecule has 0 bridgehead atoms. The molecule has 1 fully saturated rings. The van der Waals surface area contributed by atoms with Gasteiger partial charge in [0.15, 0.2) is 11.3 Å². The van der Waals surface area contributed by atoms with E-state index in [1.807, 2.05) is 0 Å². The van der Waals surface area contributed by atoms with Crippen LogP contribution in [-0.2, 0) is 4.79 Å². The third kappa shape index (κ3) is 2.47. The summed E-state index contributed by atoms with van der Waals surface area (Å²) in [5, 5.41) is 6.71. The molecule has 1 aliphatic heterocycles. The fraction of sp³-hybridized carbons (Fsp3) is 0.385. The van der Waals surface area contributed by atoms with Gasteiger partial charge in [-0.1, -0.05) is 0 Å². The number of hydrogen-bond acceptors (Lipinski definition) is 4. The molecule has 104 valence electrons. The molecule has 0 saturated carbocycles. The number of aromatic nitrogens is 3. The van der Waals surface area contributed by atoms with Crippen LogP contribution < -0.4 is 5.32 Å². The number of nitrogens with one attached hydrogen (secondary N) is 1. The van der Waals surface area contributed by atoms with Crippen LogP contribution in [-0.4, -0.2) is 50.9 Å². The SMILES string of the molecule is O=C(NCC(=O)N1CCCC1)c1cc2ncccn2n1. The van der Waals surface area contributed by atoms with Gasteiger partial charge >= 0.3 is 0 Å². The van der Waals surface area contributed by atoms with Crippen LogP contribution in [0.4, 0.5) is 0 Å². The lowest BCUT2D eigenvalue weighted by Gasteiger charge is -2.14. The molecule has 1 aliphatic rings. The average molecular weight is 273 g/mol. The minimum Gasteiger partial charge on any atom is -0.342 e. The molecular formula is C13H15N5O2. The standard InChI is InChI=1S/C13H15N5O2/c19-12(17-5-1-2-6-17)9-15-13(20)10-8-11-14-4-3-7-18(11)16-10/h3-4,7-8H,1-2,5-6,9H2,(H,15,20). The fourth-order valence-electron chi connectivity index (χ4n) is 2.27. The second-order valence-corrected chi connectivity index (χ2v) is 4.72. The predicted octanol–water partition coefficient (Wildman–Crippen LogP) is 0.0815. The van der Waals surface area contributed by atoms with Gasteiger partial charge in [0.05, 0.1) is 6.54 Å². The molecule has 0 aromatic carbocycles. The predicted molar refractivity (Wildman–Crippen MR) is 71.1 cm³/mol. The highest BCUT2D eigenvalue weighted by atomic mass is 16.2. The van der Waals surface area contributed by atoms with Crippen molar-refractivity contribution in [2.24, 2.45) is 0 Å². The molecule has 0 aliphatic carbocycles. The second-order valence-electron chi connectivity index (χ2n) is 4.72. The normalized spacial score (nSPS) is 14.7. The zero-order chi connectivity index (χ0) is 13.9. The van der Waals surface area contributed by atoms with Crippen molar-refractivity contribution in [3.63, 3.8) is 0 Å². The topological polar surface area (TPSA) is 79.6 Å². The molecule has 20 heavy (non-hydrogen) atoms. The van der Waals surface area contributed by atoms with Gasteiger partial charge in [0.2, 0.25) is 5.91 Å². The third-order valence-corrected chi connectivity index (χ3v) is 3.33. The first-order chi connectivity index (χ1) is 9.74. The Labute approximate surface area is 115 Å². The highest BCUT2D eigenvalue weighted by Gasteiger charge is 2.19. The van der Waals surface area contributed by atoms with Crippen LogP contribution in [0.25, 0.3) is 5.65 Å². The van der Waals surface area contributed by atoms with Gasteiger partial charge in [-0.25, -0.2) is 9.50 Å². The fourth-order valence-corrected chi connectivity index (χ4v) is 2.27. The third-order valence-electron chi connectivity index (χ3n) is 3.33. The zero-order valence-electron chi connectivity index (χ0n) is 11.0.